The van der Waals surface area contributed by atoms with Gasteiger partial charge in [-0.15, -0.1) is 0 Å². The normalized spacial score (nSPS) is 17.2. The number of carbonyl (C=O) groups excluding carboxylic acids is 1. The molecule has 3 aromatic carbocycles. The van der Waals surface area contributed by atoms with Gasteiger partial charge in [0.05, 0.1) is 17.6 Å². The molecule has 0 aromatic heterocycles. The molecule has 0 aliphatic carbocycles. The molecule has 8 heteroatoms. The van der Waals surface area contributed by atoms with Gasteiger partial charge < -0.3 is 9.84 Å². The number of ketones is 1. The maximum absolute atomic E-state index is 13.9. The van der Waals surface area contributed by atoms with Crippen LogP contribution in [0.5, 0.6) is 0 Å². The van der Waals surface area contributed by atoms with Gasteiger partial charge >= 0.3 is 12.1 Å². The maximum atomic E-state index is 13.9. The third-order valence-electron chi connectivity index (χ3n) is 5.86. The second-order valence-electron chi connectivity index (χ2n) is 8.15. The number of carboxylic acids is 1. The first-order valence-electron chi connectivity index (χ1n) is 11.2. The summed E-state index contributed by atoms with van der Waals surface area (Å²) in [6.45, 7) is 2.01. The Kier molecular flexibility index (Phi) is 6.90. The fraction of sp³-hybridized carbons (Fsp3) is 0.179. The Hall–Kier alpha value is -4.04. The maximum Gasteiger partial charge on any atom is 0.416 e. The molecule has 0 bridgehead atoms. The lowest BCUT2D eigenvalue weighted by Crippen LogP contribution is -2.32. The Morgan fingerprint density at radius 2 is 1.64 bits per heavy atom. The molecule has 1 unspecified atom stereocenters. The predicted octanol–water partition coefficient (Wildman–Crippen LogP) is 6.08. The molecule has 184 valence electrons. The topological polar surface area (TPSA) is 76.0 Å². The number of alkyl halides is 3. The highest BCUT2D eigenvalue weighted by molar-refractivity contribution is 6.16. The summed E-state index contributed by atoms with van der Waals surface area (Å²) in [5, 5.41) is 9.04. The van der Waals surface area contributed by atoms with Crippen molar-refractivity contribution < 1.29 is 32.6 Å². The van der Waals surface area contributed by atoms with E-state index in [1.54, 1.807) is 61.5 Å². The lowest BCUT2D eigenvalue weighted by molar-refractivity contribution is -0.138. The Bertz CT molecular complexity index is 1340. The number of Topliss-reactive ketones (excluding diaryl/α,β-unsaturated/α-hetero) is 1. The second kappa shape index (κ2) is 9.91. The first-order chi connectivity index (χ1) is 17.2. The molecule has 0 saturated carbocycles. The molecule has 5 nitrogen and oxygen atoms in total. The zero-order valence-corrected chi connectivity index (χ0v) is 19.3. The third kappa shape index (κ3) is 4.85. The van der Waals surface area contributed by atoms with E-state index in [0.29, 0.717) is 27.8 Å². The summed E-state index contributed by atoms with van der Waals surface area (Å²) in [6.07, 6.45) is -1.56. The third-order valence-corrected chi connectivity index (χ3v) is 5.86. The van der Waals surface area contributed by atoms with Crippen LogP contribution < -0.4 is 0 Å². The van der Waals surface area contributed by atoms with Crippen molar-refractivity contribution in [3.05, 3.63) is 107 Å². The van der Waals surface area contributed by atoms with Crippen LogP contribution >= 0.6 is 0 Å². The van der Waals surface area contributed by atoms with Gasteiger partial charge in [-0.1, -0.05) is 60.7 Å². The van der Waals surface area contributed by atoms with Crippen molar-refractivity contribution in [1.29, 1.82) is 0 Å². The van der Waals surface area contributed by atoms with Gasteiger partial charge in [0.25, 0.3) is 0 Å². The molecule has 1 aliphatic rings. The van der Waals surface area contributed by atoms with E-state index in [1.807, 2.05) is 0 Å². The summed E-state index contributed by atoms with van der Waals surface area (Å²) in [5.74, 6) is -1.34. The number of carboxylic acid groups (broad SMARTS) is 1. The first kappa shape index (κ1) is 25.1. The van der Waals surface area contributed by atoms with Gasteiger partial charge in [-0.3, -0.25) is 9.59 Å². The molecule has 0 saturated heterocycles. The Labute approximate surface area is 205 Å². The van der Waals surface area contributed by atoms with Crippen molar-refractivity contribution in [2.45, 2.75) is 25.2 Å². The van der Waals surface area contributed by atoms with Crippen molar-refractivity contribution >= 4 is 18.0 Å². The van der Waals surface area contributed by atoms with Crippen LogP contribution in [0, 0.1) is 0 Å². The molecule has 4 rings (SSSR count). The molecule has 1 N–H and O–H groups in total. The summed E-state index contributed by atoms with van der Waals surface area (Å²) in [4.78, 5) is 29.4. The number of hydrogen-bond acceptors (Lipinski definition) is 4. The quantitative estimate of drug-likeness (QED) is 0.386. The molecule has 1 heterocycles. The van der Waals surface area contributed by atoms with Gasteiger partial charge in [-0.2, -0.15) is 13.2 Å². The average Bonchev–Trinajstić information content (AvgIpc) is 3.28. The average molecular weight is 493 g/mol. The number of carbonyl (C=O) groups is 2. The number of halogens is 3. The van der Waals surface area contributed by atoms with Crippen LogP contribution in [-0.2, 0) is 27.9 Å². The van der Waals surface area contributed by atoms with Crippen LogP contribution in [0.1, 0.15) is 34.0 Å². The Balaban J connectivity index is 1.73. The van der Waals surface area contributed by atoms with Crippen LogP contribution in [-0.4, -0.2) is 29.7 Å². The van der Waals surface area contributed by atoms with E-state index in [0.717, 1.165) is 12.1 Å². The number of rotatable bonds is 8. The molecule has 1 atom stereocenters. The molecule has 0 fully saturated rings. The zero-order chi connectivity index (χ0) is 25.9. The number of aliphatic imine (C=N–C) groups is 1. The van der Waals surface area contributed by atoms with E-state index in [4.69, 9.17) is 9.84 Å². The standard InChI is InChI=1S/C28H22F3NO4/c1-2-36-27(20-11-7-18(8-12-20)17-25(33)34)24(15-16-32-27)26(35)23-6-4-3-5-22(23)19-9-13-21(14-10-19)28(29,30)31/h3-16H,2,17H2,1H3,(H,33,34). The van der Waals surface area contributed by atoms with Gasteiger partial charge in [0.15, 0.2) is 5.78 Å². The number of nitrogens with zero attached hydrogens (tertiary/aromatic N) is 1. The van der Waals surface area contributed by atoms with E-state index >= 15 is 0 Å². The fourth-order valence-electron chi connectivity index (χ4n) is 4.21. The van der Waals surface area contributed by atoms with Gasteiger partial charge in [-0.05, 0) is 41.8 Å². The summed E-state index contributed by atoms with van der Waals surface area (Å²) >= 11 is 0. The number of benzene rings is 3. The molecule has 3 aromatic rings. The molecule has 0 radical (unpaired) electrons. The lowest BCUT2D eigenvalue weighted by Gasteiger charge is -2.30. The number of allylic oxidation sites excluding steroid dienone is 1. The van der Waals surface area contributed by atoms with E-state index in [9.17, 15) is 22.8 Å². The van der Waals surface area contributed by atoms with Crippen molar-refractivity contribution in [2.75, 3.05) is 6.61 Å². The van der Waals surface area contributed by atoms with Crippen LogP contribution in [0.2, 0.25) is 0 Å². The van der Waals surface area contributed by atoms with Crippen LogP contribution in [0.4, 0.5) is 13.2 Å². The largest absolute Gasteiger partial charge is 0.481 e. The first-order valence-corrected chi connectivity index (χ1v) is 11.2. The minimum Gasteiger partial charge on any atom is -0.481 e. The zero-order valence-electron chi connectivity index (χ0n) is 19.3. The minimum absolute atomic E-state index is 0.146. The van der Waals surface area contributed by atoms with E-state index in [2.05, 4.69) is 4.99 Å². The fourth-order valence-corrected chi connectivity index (χ4v) is 4.21. The highest BCUT2D eigenvalue weighted by Gasteiger charge is 2.43. The van der Waals surface area contributed by atoms with Crippen LogP contribution in [0.25, 0.3) is 11.1 Å². The van der Waals surface area contributed by atoms with Crippen molar-refractivity contribution in [3.63, 3.8) is 0 Å². The van der Waals surface area contributed by atoms with Crippen molar-refractivity contribution in [2.24, 2.45) is 4.99 Å². The summed E-state index contributed by atoms with van der Waals surface area (Å²) in [6, 6.07) is 18.0. The molecule has 0 amide bonds. The van der Waals surface area contributed by atoms with E-state index in [-0.39, 0.29) is 24.4 Å². The molecule has 1 aliphatic heterocycles. The highest BCUT2D eigenvalue weighted by Crippen LogP contribution is 2.41. The summed E-state index contributed by atoms with van der Waals surface area (Å²) in [7, 11) is 0. The number of hydrogen-bond donors (Lipinski definition) is 1. The van der Waals surface area contributed by atoms with Gasteiger partial charge in [0, 0.05) is 23.9 Å². The number of ether oxygens (including phenoxy) is 1. The Morgan fingerprint density at radius 3 is 2.25 bits per heavy atom. The minimum atomic E-state index is -4.46. The Morgan fingerprint density at radius 1 is 0.972 bits per heavy atom. The lowest BCUT2D eigenvalue weighted by atomic mass is 9.86. The SMILES string of the molecule is CCOC1(c2ccc(CC(=O)O)cc2)N=CC=C1C(=O)c1ccccc1-c1ccc(C(F)(F)F)cc1. The van der Waals surface area contributed by atoms with Crippen LogP contribution in [0.15, 0.2) is 89.4 Å². The highest BCUT2D eigenvalue weighted by atomic mass is 19.4. The smallest absolute Gasteiger partial charge is 0.416 e. The van der Waals surface area contributed by atoms with Crippen LogP contribution in [0.3, 0.4) is 0 Å². The summed E-state index contributed by atoms with van der Waals surface area (Å²) in [5.41, 5.74) is 0.417. The summed E-state index contributed by atoms with van der Waals surface area (Å²) < 4.78 is 45.1. The monoisotopic (exact) mass is 493 g/mol. The molecular formula is C28H22F3NO4. The van der Waals surface area contributed by atoms with Gasteiger partial charge in [0.1, 0.15) is 0 Å². The van der Waals surface area contributed by atoms with E-state index in [1.165, 1.54) is 18.3 Å². The van der Waals surface area contributed by atoms with Gasteiger partial charge in [0.2, 0.25) is 5.72 Å². The van der Waals surface area contributed by atoms with Crippen molar-refractivity contribution in [1.82, 2.24) is 0 Å². The second-order valence-corrected chi connectivity index (χ2v) is 8.15. The van der Waals surface area contributed by atoms with Crippen molar-refractivity contribution in [3.8, 4) is 11.1 Å². The molecule has 36 heavy (non-hydrogen) atoms. The molecular weight excluding hydrogens is 471 g/mol. The predicted molar refractivity (Wildman–Crippen MR) is 129 cm³/mol. The number of aliphatic carboxylic acids is 1. The van der Waals surface area contributed by atoms with E-state index < -0.39 is 23.4 Å². The van der Waals surface area contributed by atoms with Gasteiger partial charge in [-0.25, -0.2) is 4.99 Å². The molecule has 0 spiro atoms.